The number of aryl methyl sites for hydroxylation is 1. The largest absolute Gasteiger partial charge is 0.342 e. The number of aromatic nitrogens is 3. The first-order chi connectivity index (χ1) is 17.7. The summed E-state index contributed by atoms with van der Waals surface area (Å²) >= 11 is 0. The predicted molar refractivity (Wildman–Crippen MR) is 148 cm³/mol. The molecule has 0 aliphatic rings. The molecule has 4 heteroatoms. The topological polar surface area (TPSA) is 39.8 Å². The van der Waals surface area contributed by atoms with E-state index < -0.39 is 0 Å². The summed E-state index contributed by atoms with van der Waals surface area (Å²) in [4.78, 5) is 18.5. The minimum Gasteiger partial charge on any atom is -0.342 e. The van der Waals surface area contributed by atoms with E-state index in [4.69, 9.17) is 4.98 Å². The lowest BCUT2D eigenvalue weighted by Crippen LogP contribution is -2.22. The van der Waals surface area contributed by atoms with Crippen molar-refractivity contribution in [1.29, 1.82) is 0 Å². The fourth-order valence-electron chi connectivity index (χ4n) is 4.76. The molecule has 0 radical (unpaired) electrons. The van der Waals surface area contributed by atoms with Gasteiger partial charge < -0.3 is 4.57 Å². The molecule has 0 spiro atoms. The van der Waals surface area contributed by atoms with Crippen LogP contribution in [0.3, 0.4) is 0 Å². The first-order valence-corrected chi connectivity index (χ1v) is 12.1. The molecule has 0 aliphatic heterocycles. The van der Waals surface area contributed by atoms with Crippen LogP contribution in [0.15, 0.2) is 114 Å². The number of para-hydroxylation sites is 2. The number of fused-ring (bicyclic) bond motifs is 2. The summed E-state index contributed by atoms with van der Waals surface area (Å²) < 4.78 is 3.97. The van der Waals surface area contributed by atoms with Gasteiger partial charge in [-0.1, -0.05) is 72.8 Å². The van der Waals surface area contributed by atoms with E-state index in [1.54, 1.807) is 4.57 Å². The van der Waals surface area contributed by atoms with Crippen LogP contribution >= 0.6 is 0 Å². The van der Waals surface area contributed by atoms with Gasteiger partial charge in [-0.25, -0.2) is 4.98 Å². The van der Waals surface area contributed by atoms with Crippen molar-refractivity contribution in [2.75, 3.05) is 0 Å². The third-order valence-corrected chi connectivity index (χ3v) is 6.49. The Morgan fingerprint density at radius 3 is 2.36 bits per heavy atom. The molecule has 36 heavy (non-hydrogen) atoms. The van der Waals surface area contributed by atoms with Crippen LogP contribution in [0.4, 0.5) is 0 Å². The van der Waals surface area contributed by atoms with E-state index in [1.165, 1.54) is 11.1 Å². The SMILES string of the molecule is Cc1cccc(-n2c(C=Cc3cn(Cc4ccccc4)c4ccccc34)nc3ccccc3c2=O)c1. The maximum absolute atomic E-state index is 13.6. The summed E-state index contributed by atoms with van der Waals surface area (Å²) in [5.41, 5.74) is 6.02. The quantitative estimate of drug-likeness (QED) is 0.278. The Bertz CT molecular complexity index is 1790. The van der Waals surface area contributed by atoms with Crippen LogP contribution in [0.5, 0.6) is 0 Å². The van der Waals surface area contributed by atoms with Crippen LogP contribution < -0.4 is 5.56 Å². The van der Waals surface area contributed by atoms with Crippen LogP contribution in [-0.4, -0.2) is 14.1 Å². The molecule has 0 aliphatic carbocycles. The van der Waals surface area contributed by atoms with Crippen molar-refractivity contribution in [3.63, 3.8) is 0 Å². The van der Waals surface area contributed by atoms with Crippen LogP contribution in [0.25, 0.3) is 39.6 Å². The van der Waals surface area contributed by atoms with Gasteiger partial charge in [0.05, 0.1) is 16.6 Å². The lowest BCUT2D eigenvalue weighted by Gasteiger charge is -2.12. The molecule has 0 saturated carbocycles. The maximum Gasteiger partial charge on any atom is 0.266 e. The maximum atomic E-state index is 13.6. The molecule has 6 rings (SSSR count). The average Bonchev–Trinajstić information content (AvgIpc) is 3.25. The predicted octanol–water partition coefficient (Wildman–Crippen LogP) is 6.87. The zero-order valence-electron chi connectivity index (χ0n) is 20.0. The van der Waals surface area contributed by atoms with Crippen molar-refractivity contribution in [3.8, 4) is 5.69 Å². The molecular weight excluding hydrogens is 442 g/mol. The third-order valence-electron chi connectivity index (χ3n) is 6.49. The minimum atomic E-state index is -0.0719. The van der Waals surface area contributed by atoms with E-state index in [2.05, 4.69) is 65.4 Å². The van der Waals surface area contributed by atoms with Gasteiger partial charge in [-0.3, -0.25) is 9.36 Å². The number of hydrogen-bond donors (Lipinski definition) is 0. The highest BCUT2D eigenvalue weighted by molar-refractivity contribution is 5.92. The molecule has 0 saturated heterocycles. The fourth-order valence-corrected chi connectivity index (χ4v) is 4.76. The summed E-state index contributed by atoms with van der Waals surface area (Å²) in [5, 5.41) is 1.77. The molecule has 0 atom stereocenters. The standard InChI is InChI=1S/C32H25N3O/c1-23-10-9-13-26(20-23)35-31(33-29-16-7-5-15-28(29)32(35)36)19-18-25-22-34(21-24-11-3-2-4-12-24)30-17-8-6-14-27(25)30/h2-20,22H,21H2,1H3. The second-order valence-electron chi connectivity index (χ2n) is 9.02. The van der Waals surface area contributed by atoms with Crippen LogP contribution in [0, 0.1) is 6.92 Å². The first-order valence-electron chi connectivity index (χ1n) is 12.1. The Hall–Kier alpha value is -4.70. The van der Waals surface area contributed by atoms with Gasteiger partial charge in [0, 0.05) is 29.2 Å². The molecule has 2 heterocycles. The molecule has 0 bridgehead atoms. The number of benzene rings is 4. The monoisotopic (exact) mass is 467 g/mol. The van der Waals surface area contributed by atoms with E-state index in [1.807, 2.05) is 67.6 Å². The van der Waals surface area contributed by atoms with Gasteiger partial charge in [0.25, 0.3) is 5.56 Å². The molecule has 0 amide bonds. The third kappa shape index (κ3) is 4.03. The van der Waals surface area contributed by atoms with E-state index in [0.717, 1.165) is 28.7 Å². The summed E-state index contributed by atoms with van der Waals surface area (Å²) in [5.74, 6) is 0.601. The van der Waals surface area contributed by atoms with Crippen molar-refractivity contribution >= 4 is 34.0 Å². The van der Waals surface area contributed by atoms with Gasteiger partial charge in [0.2, 0.25) is 0 Å². The van der Waals surface area contributed by atoms with Crippen molar-refractivity contribution in [2.24, 2.45) is 0 Å². The molecule has 6 aromatic rings. The molecule has 0 fully saturated rings. The molecular formula is C32H25N3O. The summed E-state index contributed by atoms with van der Waals surface area (Å²) in [6.07, 6.45) is 6.18. The van der Waals surface area contributed by atoms with Gasteiger partial charge in [-0.05, 0) is 60.5 Å². The number of nitrogens with zero attached hydrogens (tertiary/aromatic N) is 3. The Morgan fingerprint density at radius 1 is 0.778 bits per heavy atom. The molecule has 4 aromatic carbocycles. The van der Waals surface area contributed by atoms with Gasteiger partial charge in [0.1, 0.15) is 5.82 Å². The van der Waals surface area contributed by atoms with E-state index in [0.29, 0.717) is 16.7 Å². The minimum absolute atomic E-state index is 0.0719. The first kappa shape index (κ1) is 21.8. The summed E-state index contributed by atoms with van der Waals surface area (Å²) in [6.45, 7) is 2.82. The second-order valence-corrected chi connectivity index (χ2v) is 9.02. The van der Waals surface area contributed by atoms with Gasteiger partial charge in [0.15, 0.2) is 0 Å². The Labute approximate surface area is 209 Å². The normalized spacial score (nSPS) is 11.6. The summed E-state index contributed by atoms with van der Waals surface area (Å²) in [6, 6.07) is 34.3. The van der Waals surface area contributed by atoms with Gasteiger partial charge >= 0.3 is 0 Å². The van der Waals surface area contributed by atoms with Gasteiger partial charge in [-0.2, -0.15) is 0 Å². The molecule has 4 nitrogen and oxygen atoms in total. The Balaban J connectivity index is 1.50. The highest BCUT2D eigenvalue weighted by atomic mass is 16.1. The van der Waals surface area contributed by atoms with Crippen molar-refractivity contribution in [3.05, 3.63) is 142 Å². The number of hydrogen-bond acceptors (Lipinski definition) is 2. The van der Waals surface area contributed by atoms with Crippen molar-refractivity contribution in [2.45, 2.75) is 13.5 Å². The average molecular weight is 468 g/mol. The Morgan fingerprint density at radius 2 is 1.53 bits per heavy atom. The molecule has 0 unspecified atom stereocenters. The lowest BCUT2D eigenvalue weighted by atomic mass is 10.1. The Kier molecular flexibility index (Phi) is 5.55. The molecule has 2 aromatic heterocycles. The number of rotatable bonds is 5. The molecule has 0 N–H and O–H groups in total. The van der Waals surface area contributed by atoms with E-state index in [9.17, 15) is 4.79 Å². The lowest BCUT2D eigenvalue weighted by molar-refractivity contribution is 0.836. The van der Waals surface area contributed by atoms with Crippen LogP contribution in [0.1, 0.15) is 22.5 Å². The zero-order valence-corrected chi connectivity index (χ0v) is 20.0. The highest BCUT2D eigenvalue weighted by Crippen LogP contribution is 2.25. The van der Waals surface area contributed by atoms with Crippen molar-refractivity contribution < 1.29 is 0 Å². The van der Waals surface area contributed by atoms with Crippen molar-refractivity contribution in [1.82, 2.24) is 14.1 Å². The zero-order chi connectivity index (χ0) is 24.5. The van der Waals surface area contributed by atoms with Crippen LogP contribution in [-0.2, 0) is 6.54 Å². The van der Waals surface area contributed by atoms with E-state index in [-0.39, 0.29) is 5.56 Å². The fraction of sp³-hybridized carbons (Fsp3) is 0.0625. The smallest absolute Gasteiger partial charge is 0.266 e. The second kappa shape index (κ2) is 9.16. The van der Waals surface area contributed by atoms with Crippen LogP contribution in [0.2, 0.25) is 0 Å². The molecule has 174 valence electrons. The van der Waals surface area contributed by atoms with E-state index >= 15 is 0 Å². The highest BCUT2D eigenvalue weighted by Gasteiger charge is 2.12. The van der Waals surface area contributed by atoms with Gasteiger partial charge in [-0.15, -0.1) is 0 Å². The summed E-state index contributed by atoms with van der Waals surface area (Å²) in [7, 11) is 0.